The van der Waals surface area contributed by atoms with Crippen molar-refractivity contribution in [3.63, 3.8) is 0 Å². The zero-order valence-corrected chi connectivity index (χ0v) is 9.67. The summed E-state index contributed by atoms with van der Waals surface area (Å²) >= 11 is 0. The van der Waals surface area contributed by atoms with Crippen LogP contribution in [0.2, 0.25) is 0 Å². The Morgan fingerprint density at radius 2 is 2.39 bits per heavy atom. The zero-order valence-electron chi connectivity index (χ0n) is 9.67. The van der Waals surface area contributed by atoms with Crippen LogP contribution in [0.5, 0.6) is 0 Å². The van der Waals surface area contributed by atoms with E-state index in [1.165, 1.54) is 11.2 Å². The van der Waals surface area contributed by atoms with Crippen LogP contribution in [0.3, 0.4) is 0 Å². The second-order valence-electron chi connectivity index (χ2n) is 3.93. The van der Waals surface area contributed by atoms with Gasteiger partial charge in [-0.1, -0.05) is 0 Å². The Morgan fingerprint density at radius 3 is 3.06 bits per heavy atom. The van der Waals surface area contributed by atoms with E-state index in [1.807, 2.05) is 0 Å². The number of carboxylic acid groups (broad SMARTS) is 1. The van der Waals surface area contributed by atoms with Crippen LogP contribution < -0.4 is 5.32 Å². The molecule has 2 rings (SSSR count). The summed E-state index contributed by atoms with van der Waals surface area (Å²) < 4.78 is 9.91. The lowest BCUT2D eigenvalue weighted by molar-refractivity contribution is -0.154. The highest BCUT2D eigenvalue weighted by molar-refractivity contribution is 5.77. The van der Waals surface area contributed by atoms with Gasteiger partial charge in [0.15, 0.2) is 6.10 Å². The third-order valence-corrected chi connectivity index (χ3v) is 2.65. The number of carboxylic acids is 1. The fourth-order valence-corrected chi connectivity index (χ4v) is 1.67. The van der Waals surface area contributed by atoms with Gasteiger partial charge in [0, 0.05) is 18.7 Å². The molecular weight excluding hydrogens is 240 g/mol. The summed E-state index contributed by atoms with van der Waals surface area (Å²) in [6, 6.07) is 1.45. The van der Waals surface area contributed by atoms with Crippen LogP contribution in [0, 0.1) is 0 Å². The maximum atomic E-state index is 11.8. The van der Waals surface area contributed by atoms with Crippen molar-refractivity contribution < 1.29 is 23.8 Å². The van der Waals surface area contributed by atoms with Gasteiger partial charge in [-0.15, -0.1) is 0 Å². The van der Waals surface area contributed by atoms with E-state index in [1.54, 1.807) is 12.3 Å². The van der Waals surface area contributed by atoms with Gasteiger partial charge in [0.2, 0.25) is 0 Å². The van der Waals surface area contributed by atoms with Crippen LogP contribution in [-0.4, -0.2) is 47.8 Å². The van der Waals surface area contributed by atoms with Crippen LogP contribution in [-0.2, 0) is 16.1 Å². The molecule has 7 heteroatoms. The molecule has 0 radical (unpaired) electrons. The smallest absolute Gasteiger partial charge is 0.334 e. The SMILES string of the molecule is O=C(O)C1CN(C(=O)NCc2ccoc2)CCO1. The lowest BCUT2D eigenvalue weighted by Crippen LogP contribution is -2.51. The van der Waals surface area contributed by atoms with Gasteiger partial charge >= 0.3 is 12.0 Å². The first-order chi connectivity index (χ1) is 8.66. The van der Waals surface area contributed by atoms with E-state index in [0.29, 0.717) is 13.1 Å². The molecule has 1 aliphatic rings. The number of nitrogens with one attached hydrogen (secondary N) is 1. The van der Waals surface area contributed by atoms with Gasteiger partial charge in [0.05, 0.1) is 25.7 Å². The van der Waals surface area contributed by atoms with Crippen molar-refractivity contribution in [2.75, 3.05) is 19.7 Å². The average molecular weight is 254 g/mol. The number of nitrogens with zero attached hydrogens (tertiary/aromatic N) is 1. The number of amides is 2. The van der Waals surface area contributed by atoms with E-state index in [2.05, 4.69) is 5.32 Å². The Kier molecular flexibility index (Phi) is 3.83. The molecule has 0 aromatic carbocycles. The van der Waals surface area contributed by atoms with Crippen LogP contribution in [0.1, 0.15) is 5.56 Å². The summed E-state index contributed by atoms with van der Waals surface area (Å²) in [6.45, 7) is 1.04. The topological polar surface area (TPSA) is 92.0 Å². The molecule has 1 aromatic heterocycles. The van der Waals surface area contributed by atoms with Gasteiger partial charge in [-0.3, -0.25) is 0 Å². The number of urea groups is 1. The van der Waals surface area contributed by atoms with Crippen molar-refractivity contribution in [2.45, 2.75) is 12.6 Å². The molecule has 0 bridgehead atoms. The minimum atomic E-state index is -1.05. The summed E-state index contributed by atoms with van der Waals surface area (Å²) in [5.41, 5.74) is 0.853. The number of carbonyl (C=O) groups excluding carboxylic acids is 1. The zero-order chi connectivity index (χ0) is 13.0. The molecule has 98 valence electrons. The summed E-state index contributed by atoms with van der Waals surface area (Å²) in [7, 11) is 0. The third kappa shape index (κ3) is 3.01. The lowest BCUT2D eigenvalue weighted by Gasteiger charge is -2.30. The molecule has 7 nitrogen and oxygen atoms in total. The van der Waals surface area contributed by atoms with Crippen molar-refractivity contribution >= 4 is 12.0 Å². The highest BCUT2D eigenvalue weighted by atomic mass is 16.5. The molecule has 2 amide bonds. The van der Waals surface area contributed by atoms with Gasteiger partial charge in [-0.05, 0) is 6.07 Å². The molecule has 1 atom stereocenters. The minimum Gasteiger partial charge on any atom is -0.479 e. The quantitative estimate of drug-likeness (QED) is 0.808. The Hall–Kier alpha value is -2.02. The number of hydrogen-bond donors (Lipinski definition) is 2. The predicted octanol–water partition coefficient (Wildman–Crippen LogP) is 0.275. The summed E-state index contributed by atoms with van der Waals surface area (Å²) in [5, 5.41) is 11.5. The Labute approximate surface area is 103 Å². The molecular formula is C11H14N2O5. The molecule has 2 heterocycles. The monoisotopic (exact) mass is 254 g/mol. The molecule has 0 saturated carbocycles. The Bertz CT molecular complexity index is 417. The first-order valence-corrected chi connectivity index (χ1v) is 5.55. The van der Waals surface area contributed by atoms with Gasteiger partial charge in [0.25, 0.3) is 0 Å². The van der Waals surface area contributed by atoms with Crippen LogP contribution in [0.4, 0.5) is 4.79 Å². The number of rotatable bonds is 3. The normalized spacial score (nSPS) is 19.6. The second-order valence-corrected chi connectivity index (χ2v) is 3.93. The maximum Gasteiger partial charge on any atom is 0.334 e. The van der Waals surface area contributed by atoms with Crippen molar-refractivity contribution in [2.24, 2.45) is 0 Å². The van der Waals surface area contributed by atoms with E-state index in [9.17, 15) is 9.59 Å². The summed E-state index contributed by atoms with van der Waals surface area (Å²) in [4.78, 5) is 24.0. The number of morpholine rings is 1. The van der Waals surface area contributed by atoms with E-state index >= 15 is 0 Å². The highest BCUT2D eigenvalue weighted by Crippen LogP contribution is 2.06. The van der Waals surface area contributed by atoms with Crippen molar-refractivity contribution in [1.82, 2.24) is 10.2 Å². The Balaban J connectivity index is 1.83. The number of furan rings is 1. The minimum absolute atomic E-state index is 0.0621. The van der Waals surface area contributed by atoms with E-state index in [-0.39, 0.29) is 19.2 Å². The highest BCUT2D eigenvalue weighted by Gasteiger charge is 2.28. The summed E-state index contributed by atoms with van der Waals surface area (Å²) in [5.74, 6) is -1.05. The number of hydrogen-bond acceptors (Lipinski definition) is 4. The van der Waals surface area contributed by atoms with E-state index < -0.39 is 12.1 Å². The van der Waals surface area contributed by atoms with E-state index in [0.717, 1.165) is 5.56 Å². The van der Waals surface area contributed by atoms with Crippen molar-refractivity contribution in [1.29, 1.82) is 0 Å². The van der Waals surface area contributed by atoms with Gasteiger partial charge in [-0.25, -0.2) is 9.59 Å². The first-order valence-electron chi connectivity index (χ1n) is 5.55. The van der Waals surface area contributed by atoms with Crippen molar-refractivity contribution in [3.05, 3.63) is 24.2 Å². The molecule has 1 aliphatic heterocycles. The molecule has 1 fully saturated rings. The van der Waals surface area contributed by atoms with Gasteiger partial charge < -0.3 is 24.5 Å². The van der Waals surface area contributed by atoms with Crippen LogP contribution in [0.15, 0.2) is 23.0 Å². The second kappa shape index (κ2) is 5.54. The molecule has 2 N–H and O–H groups in total. The molecule has 1 aromatic rings. The third-order valence-electron chi connectivity index (χ3n) is 2.65. The number of ether oxygens (including phenoxy) is 1. The lowest BCUT2D eigenvalue weighted by atomic mass is 10.3. The maximum absolute atomic E-state index is 11.8. The average Bonchev–Trinajstić information content (AvgIpc) is 2.89. The van der Waals surface area contributed by atoms with Crippen LogP contribution >= 0.6 is 0 Å². The van der Waals surface area contributed by atoms with Gasteiger partial charge in [-0.2, -0.15) is 0 Å². The molecule has 18 heavy (non-hydrogen) atoms. The van der Waals surface area contributed by atoms with E-state index in [4.69, 9.17) is 14.3 Å². The van der Waals surface area contributed by atoms with Crippen LogP contribution in [0.25, 0.3) is 0 Å². The molecule has 0 aliphatic carbocycles. The first kappa shape index (κ1) is 12.4. The summed E-state index contributed by atoms with van der Waals surface area (Å²) in [6.07, 6.45) is 2.12. The predicted molar refractivity (Wildman–Crippen MR) is 59.9 cm³/mol. The fourth-order valence-electron chi connectivity index (χ4n) is 1.67. The number of aliphatic carboxylic acids is 1. The largest absolute Gasteiger partial charge is 0.479 e. The van der Waals surface area contributed by atoms with Crippen molar-refractivity contribution in [3.8, 4) is 0 Å². The Morgan fingerprint density at radius 1 is 1.56 bits per heavy atom. The molecule has 1 saturated heterocycles. The fraction of sp³-hybridized carbons (Fsp3) is 0.455. The number of carbonyl (C=O) groups is 2. The molecule has 0 spiro atoms. The van der Waals surface area contributed by atoms with Gasteiger partial charge in [0.1, 0.15) is 0 Å². The standard InChI is InChI=1S/C11H14N2O5/c14-10(15)9-6-13(2-4-18-9)11(16)12-5-8-1-3-17-7-8/h1,3,7,9H,2,4-6H2,(H,12,16)(H,14,15). The molecule has 1 unspecified atom stereocenters.